The third-order valence-electron chi connectivity index (χ3n) is 8.50. The maximum Gasteiger partial charge on any atom is 0.228 e. The van der Waals surface area contributed by atoms with Gasteiger partial charge in [0, 0.05) is 26.1 Å². The molecule has 0 bridgehead atoms. The highest BCUT2D eigenvalue weighted by Gasteiger charge is 2.41. The highest BCUT2D eigenvalue weighted by atomic mass is 16.2. The van der Waals surface area contributed by atoms with Crippen molar-refractivity contribution in [2.75, 3.05) is 25.5 Å². The first kappa shape index (κ1) is 28.1. The molecule has 1 fully saturated rings. The number of rotatable bonds is 8. The number of nitrogens with two attached hydrogens (primary N) is 1. The molecule has 0 unspecified atom stereocenters. The van der Waals surface area contributed by atoms with Crippen molar-refractivity contribution < 1.29 is 7.65 Å². The Kier molecular flexibility index (Phi) is 7.90. The number of hydrogen-bond acceptors (Lipinski definition) is 5. The fraction of sp³-hybridized carbons (Fsp3) is 0.194. The lowest BCUT2D eigenvalue weighted by atomic mass is 9.77. The number of aromatic nitrogens is 2. The number of nitrogens with one attached hydrogen (secondary N) is 2. The van der Waals surface area contributed by atoms with E-state index in [0.29, 0.717) is 11.5 Å². The van der Waals surface area contributed by atoms with Crippen molar-refractivity contribution in [3.8, 4) is 0 Å². The summed E-state index contributed by atoms with van der Waals surface area (Å²) in [6.45, 7) is 1.78. The molecule has 2 heterocycles. The van der Waals surface area contributed by atoms with Gasteiger partial charge in [0.2, 0.25) is 5.91 Å². The average Bonchev–Trinajstić information content (AvgIpc) is 3.41. The molecule has 1 aliphatic heterocycles. The summed E-state index contributed by atoms with van der Waals surface area (Å²) in [5.41, 5.74) is 10.7. The number of benzene rings is 4. The monoisotopic (exact) mass is 572 g/mol. The third-order valence-corrected chi connectivity index (χ3v) is 8.50. The second-order valence-corrected chi connectivity index (χ2v) is 11.2. The first-order chi connectivity index (χ1) is 21.0. The number of allylic oxidation sites excluding steroid dienone is 1. The molecule has 4 aromatic carbocycles. The van der Waals surface area contributed by atoms with Crippen LogP contribution < -0.4 is 11.1 Å². The summed E-state index contributed by atoms with van der Waals surface area (Å²) in [5.74, 6) is 0.401. The van der Waals surface area contributed by atoms with Crippen LogP contribution in [0.5, 0.6) is 0 Å². The number of likely N-dealkylation sites (tertiary alicyclic amines) is 1. The van der Waals surface area contributed by atoms with E-state index in [0.717, 1.165) is 59.1 Å². The zero-order valence-electron chi connectivity index (χ0n) is 24.3. The van der Waals surface area contributed by atoms with Gasteiger partial charge in [-0.15, -0.1) is 0 Å². The molecule has 0 atom stereocenters. The predicted molar refractivity (Wildman–Crippen MR) is 178 cm³/mol. The lowest BCUT2D eigenvalue weighted by molar-refractivity contribution is -0.121. The number of carbonyl (C=O) groups is 1. The highest BCUT2D eigenvalue weighted by Crippen LogP contribution is 2.43. The first-order valence-corrected chi connectivity index (χ1v) is 14.7. The molecule has 1 aliphatic rings. The van der Waals surface area contributed by atoms with Gasteiger partial charge in [-0.05, 0) is 73.4 Å². The summed E-state index contributed by atoms with van der Waals surface area (Å²) in [6, 6.07) is 37.0. The summed E-state index contributed by atoms with van der Waals surface area (Å²) in [5, 5.41) is 16.8. The third kappa shape index (κ3) is 5.24. The number of amides is 1. The minimum Gasteiger partial charge on any atom is -0.398 e. The minimum atomic E-state index is -0.851. The van der Waals surface area contributed by atoms with Crippen molar-refractivity contribution in [2.24, 2.45) is 11.7 Å². The van der Waals surface area contributed by atoms with Crippen molar-refractivity contribution >= 4 is 34.5 Å². The van der Waals surface area contributed by atoms with Gasteiger partial charge in [0.05, 0.1) is 5.52 Å². The van der Waals surface area contributed by atoms with Crippen LogP contribution in [0.1, 0.15) is 37.9 Å². The van der Waals surface area contributed by atoms with E-state index in [1.165, 1.54) is 6.21 Å². The van der Waals surface area contributed by atoms with Gasteiger partial charge in [0.1, 0.15) is 5.54 Å². The molecule has 0 spiro atoms. The van der Waals surface area contributed by atoms with E-state index in [-0.39, 0.29) is 14.7 Å². The van der Waals surface area contributed by atoms with E-state index in [2.05, 4.69) is 53.7 Å². The van der Waals surface area contributed by atoms with Crippen molar-refractivity contribution in [2.45, 2.75) is 18.4 Å². The van der Waals surface area contributed by atoms with Crippen LogP contribution in [0.15, 0.2) is 115 Å². The Morgan fingerprint density at radius 2 is 1.44 bits per heavy atom. The SMILES string of the molecule is CN1CCC(C(=O)Nc2nn(C(c3ccccc3)(c3ccccc3)c3ccccc3)c3ccc(/C(N)=C/C=N)cc23)CC1.[HH].[HH]. The van der Waals surface area contributed by atoms with Gasteiger partial charge in [0.15, 0.2) is 5.82 Å². The summed E-state index contributed by atoms with van der Waals surface area (Å²) in [6.07, 6.45) is 4.36. The number of piperidine rings is 1. The molecule has 220 valence electrons. The smallest absolute Gasteiger partial charge is 0.228 e. The van der Waals surface area contributed by atoms with Crippen LogP contribution in [0.2, 0.25) is 0 Å². The number of anilines is 1. The number of nitrogens with zero attached hydrogens (tertiary/aromatic N) is 3. The molecule has 43 heavy (non-hydrogen) atoms. The molecule has 0 aliphatic carbocycles. The van der Waals surface area contributed by atoms with Gasteiger partial charge in [-0.25, -0.2) is 4.68 Å². The molecular weight excluding hydrogens is 532 g/mol. The first-order valence-electron chi connectivity index (χ1n) is 14.7. The topological polar surface area (TPSA) is 100 Å². The molecule has 1 saturated heterocycles. The van der Waals surface area contributed by atoms with Gasteiger partial charge in [-0.1, -0.05) is 97.1 Å². The Hall–Kier alpha value is -5.01. The molecule has 0 saturated carbocycles. The number of fused-ring (bicyclic) bond motifs is 1. The molecule has 7 heteroatoms. The maximum atomic E-state index is 13.7. The number of carbonyl (C=O) groups excluding carboxylic acids is 1. The van der Waals surface area contributed by atoms with E-state index >= 15 is 0 Å². The van der Waals surface area contributed by atoms with Gasteiger partial charge in [-0.3, -0.25) is 4.79 Å². The molecule has 0 radical (unpaired) electrons. The molecule has 5 aromatic rings. The van der Waals surface area contributed by atoms with Gasteiger partial charge >= 0.3 is 0 Å². The standard InChI is InChI=1S/C36H36N6O.2H2/c1-41-23-20-26(21-24-41)35(43)39-34-31-25-27(32(38)19-22-37)17-18-33(31)42(40-34)36(28-11-5-2-6-12-28,29-13-7-3-8-14-29)30-15-9-4-10-16-30;;/h2-19,22,25-26,37H,20-21,23-24,38H2,1H3,(H,39,40,43);2*1H/b32-19-,37-22?;;. The van der Waals surface area contributed by atoms with Crippen molar-refractivity contribution in [3.05, 3.63) is 138 Å². The van der Waals surface area contributed by atoms with Crippen molar-refractivity contribution in [1.29, 1.82) is 5.41 Å². The van der Waals surface area contributed by atoms with E-state index < -0.39 is 5.54 Å². The second kappa shape index (κ2) is 12.1. The van der Waals surface area contributed by atoms with Crippen LogP contribution in [0.4, 0.5) is 5.82 Å². The Morgan fingerprint density at radius 1 is 0.907 bits per heavy atom. The predicted octanol–water partition coefficient (Wildman–Crippen LogP) is 6.60. The average molecular weight is 573 g/mol. The van der Waals surface area contributed by atoms with Crippen LogP contribution in [-0.4, -0.2) is 46.9 Å². The van der Waals surface area contributed by atoms with Crippen molar-refractivity contribution in [3.63, 3.8) is 0 Å². The molecular formula is C36H40N6O. The Morgan fingerprint density at radius 3 is 1.95 bits per heavy atom. The van der Waals surface area contributed by atoms with Crippen LogP contribution in [0.25, 0.3) is 16.6 Å². The van der Waals surface area contributed by atoms with E-state index in [4.69, 9.17) is 16.2 Å². The van der Waals surface area contributed by atoms with Gasteiger partial charge < -0.3 is 21.4 Å². The summed E-state index contributed by atoms with van der Waals surface area (Å²) >= 11 is 0. The normalized spacial score (nSPS) is 15.0. The molecule has 7 nitrogen and oxygen atoms in total. The minimum absolute atomic E-state index is 0. The Bertz CT molecular complexity index is 1670. The Balaban J connectivity index is 0.00000230. The zero-order valence-corrected chi connectivity index (χ0v) is 24.3. The lowest BCUT2D eigenvalue weighted by Gasteiger charge is -2.37. The maximum absolute atomic E-state index is 13.7. The summed E-state index contributed by atoms with van der Waals surface area (Å²) < 4.78 is 2.05. The van der Waals surface area contributed by atoms with E-state index in [1.807, 2.05) is 77.5 Å². The van der Waals surface area contributed by atoms with Crippen molar-refractivity contribution in [1.82, 2.24) is 14.7 Å². The van der Waals surface area contributed by atoms with Gasteiger partial charge in [0.25, 0.3) is 0 Å². The van der Waals surface area contributed by atoms with Crippen LogP contribution in [0.3, 0.4) is 0 Å². The van der Waals surface area contributed by atoms with Crippen LogP contribution in [-0.2, 0) is 10.3 Å². The lowest BCUT2D eigenvalue weighted by Crippen LogP contribution is -2.39. The van der Waals surface area contributed by atoms with Crippen LogP contribution in [0, 0.1) is 11.3 Å². The summed E-state index contributed by atoms with van der Waals surface area (Å²) in [4.78, 5) is 15.9. The van der Waals surface area contributed by atoms with E-state index in [9.17, 15) is 4.79 Å². The largest absolute Gasteiger partial charge is 0.398 e. The zero-order chi connectivity index (χ0) is 29.8. The van der Waals surface area contributed by atoms with E-state index in [1.54, 1.807) is 6.08 Å². The Labute approximate surface area is 255 Å². The molecule has 4 N–H and O–H groups in total. The molecule has 6 rings (SSSR count). The second-order valence-electron chi connectivity index (χ2n) is 11.2. The quantitative estimate of drug-likeness (QED) is 0.144. The fourth-order valence-corrected chi connectivity index (χ4v) is 6.23. The van der Waals surface area contributed by atoms with Gasteiger partial charge in [-0.2, -0.15) is 5.10 Å². The van der Waals surface area contributed by atoms with Crippen LogP contribution >= 0.6 is 0 Å². The highest BCUT2D eigenvalue weighted by molar-refractivity contribution is 6.02. The molecule has 1 aromatic heterocycles. The summed E-state index contributed by atoms with van der Waals surface area (Å²) in [7, 11) is 2.09. The number of hydrogen-bond donors (Lipinski definition) is 3. The fourth-order valence-electron chi connectivity index (χ4n) is 6.23. The molecule has 1 amide bonds.